The van der Waals surface area contributed by atoms with E-state index in [1.54, 1.807) is 13.3 Å². The highest BCUT2D eigenvalue weighted by molar-refractivity contribution is 7.17. The number of hydrogen-bond donors (Lipinski definition) is 2. The zero-order valence-corrected chi connectivity index (χ0v) is 14.8. The number of hydrogen-bond acceptors (Lipinski definition) is 6. The molecule has 2 heterocycles. The number of aromatic nitrogens is 2. The lowest BCUT2D eigenvalue weighted by Gasteiger charge is -2.09. The fourth-order valence-corrected chi connectivity index (χ4v) is 3.20. The summed E-state index contributed by atoms with van der Waals surface area (Å²) >= 11 is 1.30. The zero-order chi connectivity index (χ0) is 17.6. The second-order valence-corrected chi connectivity index (χ2v) is 6.27. The molecule has 0 fully saturated rings. The summed E-state index contributed by atoms with van der Waals surface area (Å²) in [7, 11) is 1.61. The lowest BCUT2D eigenvalue weighted by Crippen LogP contribution is -2.22. The summed E-state index contributed by atoms with van der Waals surface area (Å²) in [6.45, 7) is 2.21. The number of nitrogens with zero attached hydrogens (tertiary/aromatic N) is 2. The maximum atomic E-state index is 12.5. The van der Waals surface area contributed by atoms with E-state index < -0.39 is 0 Å². The fraction of sp³-hybridized carbons (Fsp3) is 0.167. The van der Waals surface area contributed by atoms with E-state index in [1.165, 1.54) is 11.3 Å². The number of benzene rings is 1. The molecule has 0 aliphatic rings. The van der Waals surface area contributed by atoms with Crippen LogP contribution in [-0.2, 0) is 6.54 Å². The molecule has 0 spiro atoms. The van der Waals surface area contributed by atoms with Gasteiger partial charge in [-0.3, -0.25) is 4.79 Å². The molecule has 0 saturated carbocycles. The molecule has 0 radical (unpaired) electrons. The molecule has 0 unspecified atom stereocenters. The molecule has 0 aliphatic heterocycles. The van der Waals surface area contributed by atoms with Gasteiger partial charge < -0.3 is 15.4 Å². The van der Waals surface area contributed by atoms with Crippen molar-refractivity contribution in [1.29, 1.82) is 0 Å². The highest BCUT2D eigenvalue weighted by atomic mass is 32.1. The van der Waals surface area contributed by atoms with Crippen LogP contribution in [0.15, 0.2) is 48.7 Å². The Kier molecular flexibility index (Phi) is 5.25. The van der Waals surface area contributed by atoms with Crippen LogP contribution in [0.3, 0.4) is 0 Å². The molecule has 0 bridgehead atoms. The number of carbonyl (C=O) groups excluding carboxylic acids is 1. The second kappa shape index (κ2) is 7.76. The van der Waals surface area contributed by atoms with Crippen molar-refractivity contribution in [2.45, 2.75) is 13.5 Å². The summed E-state index contributed by atoms with van der Waals surface area (Å²) < 4.78 is 5.30. The van der Waals surface area contributed by atoms with Crippen LogP contribution in [-0.4, -0.2) is 23.0 Å². The van der Waals surface area contributed by atoms with Gasteiger partial charge in [-0.2, -0.15) is 0 Å². The van der Waals surface area contributed by atoms with Gasteiger partial charge in [-0.25, -0.2) is 9.97 Å². The molecule has 2 aromatic heterocycles. The third kappa shape index (κ3) is 4.13. The molecule has 6 nitrogen and oxygen atoms in total. The van der Waals surface area contributed by atoms with Crippen molar-refractivity contribution in [2.24, 2.45) is 0 Å². The largest absolute Gasteiger partial charge is 0.496 e. The van der Waals surface area contributed by atoms with Gasteiger partial charge in [-0.15, -0.1) is 0 Å². The second-order valence-electron chi connectivity index (χ2n) is 5.27. The van der Waals surface area contributed by atoms with Gasteiger partial charge in [0, 0.05) is 18.3 Å². The number of aryl methyl sites for hydroxylation is 1. The van der Waals surface area contributed by atoms with E-state index in [4.69, 9.17) is 4.74 Å². The number of rotatable bonds is 6. The van der Waals surface area contributed by atoms with Gasteiger partial charge in [0.05, 0.1) is 12.8 Å². The maximum Gasteiger partial charge on any atom is 0.263 e. The van der Waals surface area contributed by atoms with Crippen molar-refractivity contribution in [1.82, 2.24) is 15.3 Å². The van der Waals surface area contributed by atoms with Crippen LogP contribution < -0.4 is 15.4 Å². The van der Waals surface area contributed by atoms with E-state index in [2.05, 4.69) is 20.6 Å². The number of carbonyl (C=O) groups is 1. The van der Waals surface area contributed by atoms with Crippen LogP contribution in [0.5, 0.6) is 5.75 Å². The number of pyridine rings is 1. The molecule has 2 N–H and O–H groups in total. The first kappa shape index (κ1) is 16.9. The van der Waals surface area contributed by atoms with Crippen LogP contribution in [0.2, 0.25) is 0 Å². The van der Waals surface area contributed by atoms with Crippen LogP contribution in [0.25, 0.3) is 0 Å². The van der Waals surface area contributed by atoms with Gasteiger partial charge in [0.2, 0.25) is 0 Å². The molecule has 0 saturated heterocycles. The highest BCUT2D eigenvalue weighted by Gasteiger charge is 2.16. The van der Waals surface area contributed by atoms with E-state index >= 15 is 0 Å². The summed E-state index contributed by atoms with van der Waals surface area (Å²) in [4.78, 5) is 21.6. The minimum absolute atomic E-state index is 0.157. The van der Waals surface area contributed by atoms with Gasteiger partial charge >= 0.3 is 0 Å². The molecule has 3 aromatic rings. The monoisotopic (exact) mass is 354 g/mol. The number of ether oxygens (including phenoxy) is 1. The summed E-state index contributed by atoms with van der Waals surface area (Å²) in [5.41, 5.74) is 1.60. The Labute approximate surface area is 149 Å². The predicted molar refractivity (Wildman–Crippen MR) is 98.5 cm³/mol. The molecule has 1 amide bonds. The molecule has 25 heavy (non-hydrogen) atoms. The first-order valence-corrected chi connectivity index (χ1v) is 8.54. The van der Waals surface area contributed by atoms with Gasteiger partial charge in [0.1, 0.15) is 16.4 Å². The number of thiazole rings is 1. The molecule has 1 aromatic carbocycles. The van der Waals surface area contributed by atoms with E-state index in [0.29, 0.717) is 28.1 Å². The lowest BCUT2D eigenvalue weighted by atomic mass is 10.2. The Balaban J connectivity index is 1.68. The third-order valence-electron chi connectivity index (χ3n) is 3.53. The standard InChI is InChI=1S/C18H18N4O2S/c1-12-16(25-18(21-12)22-15-9-5-6-10-19-15)17(23)20-11-13-7-3-4-8-14(13)24-2/h3-10H,11H2,1-2H3,(H,20,23)(H,19,21,22). The van der Waals surface area contributed by atoms with E-state index in [9.17, 15) is 4.79 Å². The minimum atomic E-state index is -0.157. The van der Waals surface area contributed by atoms with Gasteiger partial charge in [-0.1, -0.05) is 35.6 Å². The number of para-hydroxylation sites is 1. The van der Waals surface area contributed by atoms with E-state index in [1.807, 2.05) is 49.4 Å². The maximum absolute atomic E-state index is 12.5. The molecular weight excluding hydrogens is 336 g/mol. The topological polar surface area (TPSA) is 76.1 Å². The summed E-state index contributed by atoms with van der Waals surface area (Å²) in [5, 5.41) is 6.66. The number of anilines is 2. The minimum Gasteiger partial charge on any atom is -0.496 e. The Bertz CT molecular complexity index is 865. The van der Waals surface area contributed by atoms with Crippen LogP contribution in [0.1, 0.15) is 20.9 Å². The zero-order valence-electron chi connectivity index (χ0n) is 13.9. The molecule has 7 heteroatoms. The molecule has 128 valence electrons. The Morgan fingerprint density at radius 2 is 2.00 bits per heavy atom. The van der Waals surface area contributed by atoms with Crippen molar-refractivity contribution in [3.05, 3.63) is 64.8 Å². The Morgan fingerprint density at radius 1 is 1.20 bits per heavy atom. The average molecular weight is 354 g/mol. The number of amides is 1. The highest BCUT2D eigenvalue weighted by Crippen LogP contribution is 2.25. The van der Waals surface area contributed by atoms with Crippen molar-refractivity contribution in [3.63, 3.8) is 0 Å². The average Bonchev–Trinajstić information content (AvgIpc) is 3.01. The normalized spacial score (nSPS) is 10.3. The smallest absolute Gasteiger partial charge is 0.263 e. The number of nitrogens with one attached hydrogen (secondary N) is 2. The van der Waals surface area contributed by atoms with Crippen LogP contribution in [0, 0.1) is 6.92 Å². The summed E-state index contributed by atoms with van der Waals surface area (Å²) in [6, 6.07) is 13.2. The molecule has 0 atom stereocenters. The van der Waals surface area contributed by atoms with Crippen LogP contribution in [0.4, 0.5) is 10.9 Å². The van der Waals surface area contributed by atoms with E-state index in [-0.39, 0.29) is 5.91 Å². The molecule has 0 aliphatic carbocycles. The summed E-state index contributed by atoms with van der Waals surface area (Å²) in [5.74, 6) is 1.29. The third-order valence-corrected chi connectivity index (χ3v) is 4.61. The fourth-order valence-electron chi connectivity index (χ4n) is 2.31. The predicted octanol–water partition coefficient (Wildman–Crippen LogP) is 3.53. The Hall–Kier alpha value is -2.93. The molecular formula is C18H18N4O2S. The quantitative estimate of drug-likeness (QED) is 0.708. The molecule has 3 rings (SSSR count). The summed E-state index contributed by atoms with van der Waals surface area (Å²) in [6.07, 6.45) is 1.70. The SMILES string of the molecule is COc1ccccc1CNC(=O)c1sc(Nc2ccccn2)nc1C. The van der Waals surface area contributed by atoms with Gasteiger partial charge in [0.25, 0.3) is 5.91 Å². The Morgan fingerprint density at radius 3 is 2.76 bits per heavy atom. The van der Waals surface area contributed by atoms with Crippen molar-refractivity contribution in [2.75, 3.05) is 12.4 Å². The van der Waals surface area contributed by atoms with E-state index in [0.717, 1.165) is 11.3 Å². The first-order chi connectivity index (χ1) is 12.2. The van der Waals surface area contributed by atoms with Crippen molar-refractivity contribution >= 4 is 28.2 Å². The number of methoxy groups -OCH3 is 1. The van der Waals surface area contributed by atoms with Gasteiger partial charge in [-0.05, 0) is 25.1 Å². The van der Waals surface area contributed by atoms with Crippen molar-refractivity contribution < 1.29 is 9.53 Å². The lowest BCUT2D eigenvalue weighted by molar-refractivity contribution is 0.0954. The van der Waals surface area contributed by atoms with Crippen LogP contribution >= 0.6 is 11.3 Å². The first-order valence-electron chi connectivity index (χ1n) is 7.73. The van der Waals surface area contributed by atoms with Gasteiger partial charge in [0.15, 0.2) is 5.13 Å². The van der Waals surface area contributed by atoms with Crippen molar-refractivity contribution in [3.8, 4) is 5.75 Å².